The molecule has 0 spiro atoms. The van der Waals surface area contributed by atoms with Crippen molar-refractivity contribution >= 4 is 31.3 Å². The highest BCUT2D eigenvalue weighted by atomic mass is 28.3. The Hall–Kier alpha value is -5.84. The van der Waals surface area contributed by atoms with Crippen molar-refractivity contribution in [3.63, 3.8) is 0 Å². The first-order valence-corrected chi connectivity index (χ1v) is 30.6. The number of anilines is 2. The van der Waals surface area contributed by atoms with Crippen molar-refractivity contribution in [3.8, 4) is 0 Å². The van der Waals surface area contributed by atoms with Crippen LogP contribution >= 0.6 is 0 Å². The zero-order chi connectivity index (χ0) is 51.8. The summed E-state index contributed by atoms with van der Waals surface area (Å²) in [5.41, 5.74) is 15.2. The molecule has 1 saturated carbocycles. The van der Waals surface area contributed by atoms with Gasteiger partial charge in [-0.3, -0.25) is 19.3 Å². The van der Waals surface area contributed by atoms with Gasteiger partial charge >= 0.3 is 5.97 Å². The average molecular weight is 1010 g/mol. The number of H-pyrrole nitrogens is 1. The molecule has 5 heterocycles. The monoisotopic (exact) mass is 1010 g/mol. The summed E-state index contributed by atoms with van der Waals surface area (Å²) in [6, 6.07) is 22.8. The summed E-state index contributed by atoms with van der Waals surface area (Å²) in [6.07, 6.45) is 21.8. The standard InChI is InChI=1S/C25H32N6O.C16H21N3.C16H28N2O3Si/c1-25(2)11-8-20-21(14-25)29-30-22(20)24(32)28-19-15-27-31(16-19)23(17-6-4-3-5-7-17)18-9-12-26-13-10-18;17-15-11-18-19(12-15)16(13-7-3-1-4-8-13)14-9-5-2-6-10-14;1-16(2)7-6-12-13(10-16)18(17-14(12)15(19)20)11-21-8-9-22(3,4)5/h3-7,15-16,18,23,26H,8-14H2,1-2H3,(H,28,32)(H,29,30);1,3-4,7-8,11-12,14,16H,2,5-6,9-10,17H2;6-11H2,1-5H3,(H,19,20). The lowest BCUT2D eigenvalue weighted by Gasteiger charge is -2.31. The molecule has 2 aromatic carbocycles. The van der Waals surface area contributed by atoms with Crippen molar-refractivity contribution < 1.29 is 19.4 Å². The molecule has 3 aliphatic carbocycles. The Kier molecular flexibility index (Phi) is 17.3. The highest BCUT2D eigenvalue weighted by Gasteiger charge is 2.34. The Balaban J connectivity index is 0.000000153. The van der Waals surface area contributed by atoms with Crippen LogP contribution < -0.4 is 16.4 Å². The van der Waals surface area contributed by atoms with E-state index in [4.69, 9.17) is 10.5 Å². The van der Waals surface area contributed by atoms with Gasteiger partial charge in [0.25, 0.3) is 5.91 Å². The molecule has 4 aliphatic rings. The van der Waals surface area contributed by atoms with Gasteiger partial charge in [-0.15, -0.1) is 0 Å². The maximum atomic E-state index is 13.0. The maximum Gasteiger partial charge on any atom is 0.356 e. The van der Waals surface area contributed by atoms with E-state index in [1.165, 1.54) is 43.2 Å². The van der Waals surface area contributed by atoms with Crippen LogP contribution in [0.25, 0.3) is 0 Å². The fourth-order valence-electron chi connectivity index (χ4n) is 11.3. The minimum Gasteiger partial charge on any atom is -0.476 e. The normalized spacial score (nSPS) is 18.5. The van der Waals surface area contributed by atoms with E-state index in [0.29, 0.717) is 36.0 Å². The number of ether oxygens (including phenoxy) is 1. The summed E-state index contributed by atoms with van der Waals surface area (Å²) < 4.78 is 11.6. The highest BCUT2D eigenvalue weighted by molar-refractivity contribution is 6.76. The molecular formula is C57H81N11O4Si. The number of fused-ring (bicyclic) bond motifs is 2. The summed E-state index contributed by atoms with van der Waals surface area (Å²) in [4.78, 5) is 24.4. The van der Waals surface area contributed by atoms with Crippen LogP contribution in [-0.4, -0.2) is 84.3 Å². The molecule has 10 rings (SSSR count). The number of carboxylic acid groups (broad SMARTS) is 1. The lowest BCUT2D eigenvalue weighted by Crippen LogP contribution is -2.33. The van der Waals surface area contributed by atoms with Gasteiger partial charge in [-0.05, 0) is 117 Å². The number of benzene rings is 2. The molecule has 1 amide bonds. The number of aromatic amines is 1. The van der Waals surface area contributed by atoms with Crippen molar-refractivity contribution in [2.75, 3.05) is 30.7 Å². The summed E-state index contributed by atoms with van der Waals surface area (Å²) in [7, 11) is -1.11. The summed E-state index contributed by atoms with van der Waals surface area (Å²) in [6.45, 7) is 19.0. The van der Waals surface area contributed by atoms with Gasteiger partial charge in [0.05, 0.1) is 35.9 Å². The van der Waals surface area contributed by atoms with Gasteiger partial charge in [0.2, 0.25) is 0 Å². The number of nitrogens with zero attached hydrogens (tertiary/aromatic N) is 7. The van der Waals surface area contributed by atoms with E-state index in [1.54, 1.807) is 17.1 Å². The Bertz CT molecular complexity index is 2720. The second-order valence-corrected chi connectivity index (χ2v) is 29.4. The van der Waals surface area contributed by atoms with Gasteiger partial charge in [-0.25, -0.2) is 9.48 Å². The fourth-order valence-corrected chi connectivity index (χ4v) is 12.0. The predicted molar refractivity (Wildman–Crippen MR) is 292 cm³/mol. The minimum absolute atomic E-state index is 0.157. The van der Waals surface area contributed by atoms with E-state index in [9.17, 15) is 14.7 Å². The summed E-state index contributed by atoms with van der Waals surface area (Å²) >= 11 is 0. The van der Waals surface area contributed by atoms with Crippen molar-refractivity contribution in [1.82, 2.24) is 44.9 Å². The molecule has 15 nitrogen and oxygen atoms in total. The first kappa shape index (κ1) is 53.4. The van der Waals surface area contributed by atoms with E-state index in [-0.39, 0.29) is 28.5 Å². The molecule has 0 radical (unpaired) electrons. The molecule has 0 bridgehead atoms. The molecule has 2 fully saturated rings. The number of nitrogens with one attached hydrogen (secondary N) is 3. The number of carbonyl (C=O) groups is 2. The van der Waals surface area contributed by atoms with E-state index in [0.717, 1.165) is 105 Å². The second kappa shape index (κ2) is 23.6. The number of aromatic carboxylic acids is 1. The predicted octanol–water partition coefficient (Wildman–Crippen LogP) is 11.0. The van der Waals surface area contributed by atoms with Crippen molar-refractivity contribution in [2.45, 2.75) is 156 Å². The quantitative estimate of drug-likeness (QED) is 0.0517. The Labute approximate surface area is 433 Å². The number of hydrogen-bond acceptors (Lipinski definition) is 9. The van der Waals surface area contributed by atoms with Crippen LogP contribution in [0.1, 0.15) is 152 Å². The number of carboxylic acids is 1. The van der Waals surface area contributed by atoms with Gasteiger partial charge in [0.15, 0.2) is 11.4 Å². The molecule has 4 aromatic heterocycles. The third kappa shape index (κ3) is 14.1. The van der Waals surface area contributed by atoms with Crippen molar-refractivity contribution in [2.24, 2.45) is 22.7 Å². The van der Waals surface area contributed by atoms with Crippen LogP contribution in [0, 0.1) is 22.7 Å². The van der Waals surface area contributed by atoms with E-state index < -0.39 is 14.0 Å². The molecule has 1 saturated heterocycles. The number of aromatic nitrogens is 8. The van der Waals surface area contributed by atoms with E-state index >= 15 is 0 Å². The number of piperidine rings is 1. The lowest BCUT2D eigenvalue weighted by atomic mass is 9.76. The molecular weight excluding hydrogens is 931 g/mol. The molecule has 2 atom stereocenters. The third-order valence-corrected chi connectivity index (χ3v) is 17.1. The number of hydrogen-bond donors (Lipinski definition) is 5. The van der Waals surface area contributed by atoms with Crippen molar-refractivity contribution in [3.05, 3.63) is 130 Å². The maximum absolute atomic E-state index is 13.0. The largest absolute Gasteiger partial charge is 0.476 e. The number of carbonyl (C=O) groups excluding carboxylic acids is 1. The summed E-state index contributed by atoms with van der Waals surface area (Å²) in [5.74, 6) is 0.0796. The third-order valence-electron chi connectivity index (χ3n) is 15.4. The van der Waals surface area contributed by atoms with Crippen LogP contribution in [0.15, 0.2) is 85.5 Å². The molecule has 2 unspecified atom stereocenters. The van der Waals surface area contributed by atoms with E-state index in [2.05, 4.69) is 143 Å². The van der Waals surface area contributed by atoms with Gasteiger partial charge in [0, 0.05) is 49.6 Å². The molecule has 1 aliphatic heterocycles. The number of amides is 1. The minimum atomic E-state index is -1.11. The topological polar surface area (TPSA) is 196 Å². The zero-order valence-electron chi connectivity index (χ0n) is 44.5. The molecule has 392 valence electrons. The Morgan fingerprint density at radius 1 is 0.795 bits per heavy atom. The fraction of sp³-hybridized carbons (Fsp3) is 0.544. The van der Waals surface area contributed by atoms with E-state index in [1.807, 2.05) is 23.1 Å². The molecule has 6 N–H and O–H groups in total. The van der Waals surface area contributed by atoms with Gasteiger partial charge in [0.1, 0.15) is 6.73 Å². The number of rotatable bonds is 14. The van der Waals surface area contributed by atoms with Crippen molar-refractivity contribution in [1.29, 1.82) is 0 Å². The Morgan fingerprint density at radius 2 is 1.38 bits per heavy atom. The van der Waals surface area contributed by atoms with Gasteiger partial charge < -0.3 is 26.2 Å². The van der Waals surface area contributed by atoms with Gasteiger partial charge in [-0.1, -0.05) is 127 Å². The zero-order valence-corrected chi connectivity index (χ0v) is 45.5. The molecule has 73 heavy (non-hydrogen) atoms. The average Bonchev–Trinajstić information content (AvgIpc) is 4.18. The highest BCUT2D eigenvalue weighted by Crippen LogP contribution is 2.39. The SMILES string of the molecule is CC1(C)CCc2c(C(=O)Nc3cnn(C(c4ccccc4)C4CCNCC4)c3)n[nH]c2C1.CC1(C)CCc2c(C(=O)O)nn(COCC[Si](C)(C)C)c2C1.Nc1cnn(C(c2ccccc2)C2CCCCC2)c1. The van der Waals surface area contributed by atoms with Crippen LogP contribution in [0.3, 0.4) is 0 Å². The first-order chi connectivity index (χ1) is 34.9. The van der Waals surface area contributed by atoms with Crippen LogP contribution in [-0.2, 0) is 37.2 Å². The first-order valence-electron chi connectivity index (χ1n) is 26.8. The second-order valence-electron chi connectivity index (χ2n) is 23.8. The lowest BCUT2D eigenvalue weighted by molar-refractivity contribution is 0.0667. The molecule has 6 aromatic rings. The van der Waals surface area contributed by atoms with Gasteiger partial charge in [-0.2, -0.15) is 20.4 Å². The van der Waals surface area contributed by atoms with Crippen LogP contribution in [0.5, 0.6) is 0 Å². The van der Waals surface area contributed by atoms with Crippen LogP contribution in [0.2, 0.25) is 25.7 Å². The summed E-state index contributed by atoms with van der Waals surface area (Å²) in [5, 5.41) is 36.7. The number of nitrogen functional groups attached to an aromatic ring is 1. The Morgan fingerprint density at radius 3 is 1.99 bits per heavy atom. The molecule has 16 heteroatoms. The number of nitrogens with two attached hydrogens (primary N) is 1. The smallest absolute Gasteiger partial charge is 0.356 e. The van der Waals surface area contributed by atoms with Crippen LogP contribution in [0.4, 0.5) is 11.4 Å².